The van der Waals surface area contributed by atoms with E-state index in [0.29, 0.717) is 6.10 Å². The van der Waals surface area contributed by atoms with Gasteiger partial charge in [-0.05, 0) is 51.8 Å². The molecule has 1 aliphatic heterocycles. The average molecular weight is 247 g/mol. The summed E-state index contributed by atoms with van der Waals surface area (Å²) in [4.78, 5) is 0. The Morgan fingerprint density at radius 2 is 2.17 bits per heavy atom. The monoisotopic (exact) mass is 247 g/mol. The van der Waals surface area contributed by atoms with Crippen molar-refractivity contribution in [1.82, 2.24) is 5.32 Å². The van der Waals surface area contributed by atoms with Gasteiger partial charge in [0.1, 0.15) is 0 Å². The van der Waals surface area contributed by atoms with Crippen molar-refractivity contribution in [2.45, 2.75) is 39.7 Å². The predicted octanol–water partition coefficient (Wildman–Crippen LogP) is 2.86. The Kier molecular flexibility index (Phi) is 4.08. The third-order valence-corrected chi connectivity index (χ3v) is 4.41. The van der Waals surface area contributed by atoms with Crippen LogP contribution in [0.15, 0.2) is 18.2 Å². The summed E-state index contributed by atoms with van der Waals surface area (Å²) >= 11 is 0. The minimum Gasteiger partial charge on any atom is -0.378 e. The van der Waals surface area contributed by atoms with Gasteiger partial charge in [0.05, 0.1) is 6.10 Å². The van der Waals surface area contributed by atoms with E-state index in [4.69, 9.17) is 4.74 Å². The number of nitrogens with one attached hydrogen (secondary N) is 1. The molecule has 2 nitrogen and oxygen atoms in total. The average Bonchev–Trinajstić information content (AvgIpc) is 2.66. The first-order valence-electron chi connectivity index (χ1n) is 6.90. The van der Waals surface area contributed by atoms with Gasteiger partial charge in [-0.3, -0.25) is 0 Å². The van der Waals surface area contributed by atoms with Gasteiger partial charge >= 0.3 is 0 Å². The van der Waals surface area contributed by atoms with E-state index in [9.17, 15) is 0 Å². The lowest BCUT2D eigenvalue weighted by molar-refractivity contribution is 0.0639. The molecule has 1 heterocycles. The number of benzene rings is 1. The molecule has 0 aromatic heterocycles. The maximum Gasteiger partial charge on any atom is 0.0619 e. The van der Waals surface area contributed by atoms with Crippen molar-refractivity contribution in [2.24, 2.45) is 5.41 Å². The van der Waals surface area contributed by atoms with Crippen LogP contribution < -0.4 is 5.32 Å². The number of aryl methyl sites for hydroxylation is 2. The summed E-state index contributed by atoms with van der Waals surface area (Å²) in [5.74, 6) is 0. The molecule has 18 heavy (non-hydrogen) atoms. The Bertz CT molecular complexity index is 416. The van der Waals surface area contributed by atoms with Gasteiger partial charge in [-0.1, -0.05) is 23.8 Å². The topological polar surface area (TPSA) is 21.3 Å². The normalized spacial score (nSPS) is 27.7. The van der Waals surface area contributed by atoms with Crippen LogP contribution in [0.1, 0.15) is 30.0 Å². The zero-order chi connectivity index (χ0) is 13.2. The minimum atomic E-state index is 0.257. The molecule has 0 spiro atoms. The van der Waals surface area contributed by atoms with E-state index in [1.165, 1.54) is 16.7 Å². The van der Waals surface area contributed by atoms with Gasteiger partial charge in [-0.2, -0.15) is 0 Å². The second-order valence-corrected chi connectivity index (χ2v) is 5.76. The molecule has 2 rings (SSSR count). The van der Waals surface area contributed by atoms with Crippen molar-refractivity contribution in [3.8, 4) is 0 Å². The van der Waals surface area contributed by atoms with Gasteiger partial charge in [0.2, 0.25) is 0 Å². The summed E-state index contributed by atoms with van der Waals surface area (Å²) in [6.45, 7) is 8.52. The Hall–Kier alpha value is -0.860. The number of hydrogen-bond donors (Lipinski definition) is 1. The highest BCUT2D eigenvalue weighted by Crippen LogP contribution is 2.38. The molecule has 0 amide bonds. The van der Waals surface area contributed by atoms with Crippen LogP contribution in [0.25, 0.3) is 0 Å². The zero-order valence-corrected chi connectivity index (χ0v) is 12.0. The Balaban J connectivity index is 2.26. The van der Waals surface area contributed by atoms with E-state index in [1.54, 1.807) is 0 Å². The first kappa shape index (κ1) is 13.6. The van der Waals surface area contributed by atoms with Crippen LogP contribution in [0.3, 0.4) is 0 Å². The molecule has 2 heteroatoms. The SMILES string of the molecule is CNCC1(Cc2cc(C)ccc2C)CCOC1C. The summed E-state index contributed by atoms with van der Waals surface area (Å²) in [5.41, 5.74) is 4.48. The molecule has 2 unspecified atom stereocenters. The van der Waals surface area contributed by atoms with Crippen LogP contribution in [0.5, 0.6) is 0 Å². The molecule has 1 N–H and O–H groups in total. The highest BCUT2D eigenvalue weighted by atomic mass is 16.5. The number of ether oxygens (including phenoxy) is 1. The molecule has 0 saturated carbocycles. The van der Waals surface area contributed by atoms with Crippen LogP contribution in [-0.4, -0.2) is 26.3 Å². The second-order valence-electron chi connectivity index (χ2n) is 5.76. The molecular formula is C16H25NO. The third-order valence-electron chi connectivity index (χ3n) is 4.41. The smallest absolute Gasteiger partial charge is 0.0619 e. The van der Waals surface area contributed by atoms with Crippen molar-refractivity contribution in [3.05, 3.63) is 34.9 Å². The fourth-order valence-electron chi connectivity index (χ4n) is 3.07. The quantitative estimate of drug-likeness (QED) is 0.883. The second kappa shape index (κ2) is 5.41. The van der Waals surface area contributed by atoms with Crippen molar-refractivity contribution in [3.63, 3.8) is 0 Å². The molecule has 0 bridgehead atoms. The Morgan fingerprint density at radius 1 is 1.39 bits per heavy atom. The van der Waals surface area contributed by atoms with Gasteiger partial charge in [0, 0.05) is 18.6 Å². The number of hydrogen-bond acceptors (Lipinski definition) is 2. The Labute approximate surface area is 111 Å². The lowest BCUT2D eigenvalue weighted by Crippen LogP contribution is -2.40. The van der Waals surface area contributed by atoms with E-state index in [1.807, 2.05) is 7.05 Å². The molecule has 1 aromatic rings. The van der Waals surface area contributed by atoms with Crippen LogP contribution in [0.4, 0.5) is 0 Å². The van der Waals surface area contributed by atoms with Crippen LogP contribution in [0, 0.1) is 19.3 Å². The van der Waals surface area contributed by atoms with Gasteiger partial charge in [-0.25, -0.2) is 0 Å². The molecule has 0 radical (unpaired) electrons. The van der Waals surface area contributed by atoms with Gasteiger partial charge in [0.25, 0.3) is 0 Å². The first-order chi connectivity index (χ1) is 8.57. The van der Waals surface area contributed by atoms with Gasteiger partial charge in [0.15, 0.2) is 0 Å². The van der Waals surface area contributed by atoms with E-state index in [-0.39, 0.29) is 5.41 Å². The zero-order valence-electron chi connectivity index (χ0n) is 12.0. The van der Waals surface area contributed by atoms with Crippen LogP contribution >= 0.6 is 0 Å². The van der Waals surface area contributed by atoms with E-state index >= 15 is 0 Å². The van der Waals surface area contributed by atoms with Crippen LogP contribution in [0.2, 0.25) is 0 Å². The molecule has 0 aliphatic carbocycles. The van der Waals surface area contributed by atoms with E-state index in [2.05, 4.69) is 44.3 Å². The summed E-state index contributed by atoms with van der Waals surface area (Å²) in [6.07, 6.45) is 2.61. The predicted molar refractivity (Wildman–Crippen MR) is 76.0 cm³/mol. The fraction of sp³-hybridized carbons (Fsp3) is 0.625. The largest absolute Gasteiger partial charge is 0.378 e. The lowest BCUT2D eigenvalue weighted by Gasteiger charge is -2.33. The molecule has 2 atom stereocenters. The third kappa shape index (κ3) is 2.60. The molecule has 1 aliphatic rings. The lowest BCUT2D eigenvalue weighted by atomic mass is 9.75. The minimum absolute atomic E-state index is 0.257. The molecule has 1 saturated heterocycles. The Morgan fingerprint density at radius 3 is 2.78 bits per heavy atom. The summed E-state index contributed by atoms with van der Waals surface area (Å²) in [6, 6.07) is 6.76. The van der Waals surface area contributed by atoms with Crippen molar-refractivity contribution >= 4 is 0 Å². The highest BCUT2D eigenvalue weighted by Gasteiger charge is 2.41. The van der Waals surface area contributed by atoms with Crippen molar-refractivity contribution < 1.29 is 4.74 Å². The van der Waals surface area contributed by atoms with Crippen LogP contribution in [-0.2, 0) is 11.2 Å². The molecular weight excluding hydrogens is 222 g/mol. The molecule has 1 fully saturated rings. The van der Waals surface area contributed by atoms with E-state index < -0.39 is 0 Å². The standard InChI is InChI=1S/C16H25NO/c1-12-5-6-13(2)15(9-12)10-16(11-17-4)7-8-18-14(16)3/h5-6,9,14,17H,7-8,10-11H2,1-4H3. The highest BCUT2D eigenvalue weighted by molar-refractivity contribution is 5.31. The fourth-order valence-corrected chi connectivity index (χ4v) is 3.07. The molecule has 100 valence electrons. The van der Waals surface area contributed by atoms with Gasteiger partial charge < -0.3 is 10.1 Å². The van der Waals surface area contributed by atoms with E-state index in [0.717, 1.165) is 26.0 Å². The summed E-state index contributed by atoms with van der Waals surface area (Å²) in [5, 5.41) is 3.36. The molecule has 1 aromatic carbocycles. The van der Waals surface area contributed by atoms with Crippen molar-refractivity contribution in [2.75, 3.05) is 20.2 Å². The maximum atomic E-state index is 5.82. The van der Waals surface area contributed by atoms with Crippen molar-refractivity contribution in [1.29, 1.82) is 0 Å². The summed E-state index contributed by atoms with van der Waals surface area (Å²) < 4.78 is 5.82. The summed E-state index contributed by atoms with van der Waals surface area (Å²) in [7, 11) is 2.04. The van der Waals surface area contributed by atoms with Gasteiger partial charge in [-0.15, -0.1) is 0 Å². The first-order valence-corrected chi connectivity index (χ1v) is 6.90. The maximum absolute atomic E-state index is 5.82. The number of rotatable bonds is 4.